The van der Waals surface area contributed by atoms with Gasteiger partial charge in [-0.1, -0.05) is 0 Å². The number of anilines is 2. The molecule has 28 heavy (non-hydrogen) atoms. The quantitative estimate of drug-likeness (QED) is 0.444. The standard InChI is InChI=1S/C17H12FN3O6S/c18-11-3-2-10(21(25)26)6-12(11)19-15(22)7-27-17(24)9-1-4-14-13(5-9)20-16(23)8-28-14/h1-6H,7-8H2,(H,19,22)(H,20,23). The summed E-state index contributed by atoms with van der Waals surface area (Å²) < 4.78 is 18.5. The Hall–Kier alpha value is -3.47. The highest BCUT2D eigenvalue weighted by atomic mass is 32.2. The van der Waals surface area contributed by atoms with Crippen LogP contribution >= 0.6 is 11.8 Å². The Morgan fingerprint density at radius 2 is 2.07 bits per heavy atom. The summed E-state index contributed by atoms with van der Waals surface area (Å²) in [6.07, 6.45) is 0. The van der Waals surface area contributed by atoms with Crippen molar-refractivity contribution in [3.05, 3.63) is 57.9 Å². The van der Waals surface area contributed by atoms with Gasteiger partial charge in [0.05, 0.1) is 27.6 Å². The van der Waals surface area contributed by atoms with Crippen molar-refractivity contribution < 1.29 is 28.4 Å². The Labute approximate surface area is 161 Å². The van der Waals surface area contributed by atoms with Crippen molar-refractivity contribution in [3.8, 4) is 0 Å². The van der Waals surface area contributed by atoms with E-state index >= 15 is 0 Å². The van der Waals surface area contributed by atoms with Crippen LogP contribution in [0.2, 0.25) is 0 Å². The molecule has 0 atom stereocenters. The minimum atomic E-state index is -0.867. The lowest BCUT2D eigenvalue weighted by atomic mass is 10.2. The first-order valence-electron chi connectivity index (χ1n) is 7.81. The van der Waals surface area contributed by atoms with E-state index in [-0.39, 0.29) is 17.2 Å². The molecule has 0 fully saturated rings. The van der Waals surface area contributed by atoms with E-state index in [0.29, 0.717) is 5.69 Å². The number of nitrogens with zero attached hydrogens (tertiary/aromatic N) is 1. The number of esters is 1. The topological polar surface area (TPSA) is 128 Å². The molecule has 11 heteroatoms. The monoisotopic (exact) mass is 405 g/mol. The van der Waals surface area contributed by atoms with Crippen LogP contribution in [0.5, 0.6) is 0 Å². The number of ether oxygens (including phenoxy) is 1. The van der Waals surface area contributed by atoms with Gasteiger partial charge in [0.25, 0.3) is 11.6 Å². The number of carbonyl (C=O) groups is 3. The molecular weight excluding hydrogens is 393 g/mol. The maximum Gasteiger partial charge on any atom is 0.338 e. The Kier molecular flexibility index (Phi) is 5.54. The highest BCUT2D eigenvalue weighted by Crippen LogP contribution is 2.32. The number of nitro groups is 1. The van der Waals surface area contributed by atoms with Crippen LogP contribution in [0.3, 0.4) is 0 Å². The number of non-ortho nitro benzene ring substituents is 1. The largest absolute Gasteiger partial charge is 0.452 e. The number of nitrogens with one attached hydrogen (secondary N) is 2. The number of amides is 2. The van der Waals surface area contributed by atoms with Gasteiger partial charge in [-0.15, -0.1) is 11.8 Å². The highest BCUT2D eigenvalue weighted by Gasteiger charge is 2.19. The van der Waals surface area contributed by atoms with Gasteiger partial charge >= 0.3 is 5.97 Å². The maximum absolute atomic E-state index is 13.7. The van der Waals surface area contributed by atoms with Crippen molar-refractivity contribution in [2.24, 2.45) is 0 Å². The molecule has 0 saturated carbocycles. The van der Waals surface area contributed by atoms with Gasteiger partial charge in [-0.05, 0) is 24.3 Å². The van der Waals surface area contributed by atoms with Crippen molar-refractivity contribution >= 4 is 46.6 Å². The molecule has 0 aromatic heterocycles. The number of halogens is 1. The molecule has 0 spiro atoms. The summed E-state index contributed by atoms with van der Waals surface area (Å²) in [6.45, 7) is -0.723. The highest BCUT2D eigenvalue weighted by molar-refractivity contribution is 8.00. The predicted molar refractivity (Wildman–Crippen MR) is 97.8 cm³/mol. The number of rotatable bonds is 5. The number of nitro benzene ring substituents is 1. The molecule has 0 radical (unpaired) electrons. The van der Waals surface area contributed by atoms with E-state index in [1.165, 1.54) is 23.9 Å². The molecule has 2 aromatic carbocycles. The zero-order chi connectivity index (χ0) is 20.3. The fourth-order valence-electron chi connectivity index (χ4n) is 2.33. The van der Waals surface area contributed by atoms with Gasteiger partial charge in [-0.25, -0.2) is 9.18 Å². The third-order valence-corrected chi connectivity index (χ3v) is 4.69. The number of benzene rings is 2. The molecule has 2 aromatic rings. The van der Waals surface area contributed by atoms with Crippen molar-refractivity contribution in [1.29, 1.82) is 0 Å². The molecule has 0 aliphatic carbocycles. The number of fused-ring (bicyclic) bond motifs is 1. The second-order valence-electron chi connectivity index (χ2n) is 5.59. The second-order valence-corrected chi connectivity index (χ2v) is 6.61. The van der Waals surface area contributed by atoms with Crippen LogP contribution in [0.4, 0.5) is 21.5 Å². The van der Waals surface area contributed by atoms with E-state index in [1.54, 1.807) is 6.07 Å². The smallest absolute Gasteiger partial charge is 0.338 e. The summed E-state index contributed by atoms with van der Waals surface area (Å²) in [4.78, 5) is 46.2. The van der Waals surface area contributed by atoms with Crippen LogP contribution in [0, 0.1) is 15.9 Å². The van der Waals surface area contributed by atoms with Crippen molar-refractivity contribution in [2.75, 3.05) is 23.0 Å². The number of hydrogen-bond acceptors (Lipinski definition) is 7. The molecule has 2 N–H and O–H groups in total. The molecule has 0 bridgehead atoms. The first-order valence-corrected chi connectivity index (χ1v) is 8.79. The molecule has 1 heterocycles. The van der Waals surface area contributed by atoms with Gasteiger partial charge in [0.2, 0.25) is 5.91 Å². The van der Waals surface area contributed by atoms with E-state index in [0.717, 1.165) is 23.1 Å². The zero-order valence-corrected chi connectivity index (χ0v) is 14.9. The molecule has 144 valence electrons. The van der Waals surface area contributed by atoms with E-state index in [4.69, 9.17) is 4.74 Å². The summed E-state index contributed by atoms with van der Waals surface area (Å²) in [5.41, 5.74) is -0.207. The van der Waals surface area contributed by atoms with Crippen molar-refractivity contribution in [3.63, 3.8) is 0 Å². The first kappa shape index (κ1) is 19.3. The SMILES string of the molecule is O=C(COC(=O)c1ccc2c(c1)NC(=O)CS2)Nc1cc([N+](=O)[O-])ccc1F. The van der Waals surface area contributed by atoms with E-state index in [1.807, 2.05) is 0 Å². The molecule has 2 amide bonds. The Morgan fingerprint density at radius 1 is 1.29 bits per heavy atom. The third-order valence-electron chi connectivity index (χ3n) is 3.62. The van der Waals surface area contributed by atoms with E-state index in [9.17, 15) is 28.9 Å². The predicted octanol–water partition coefficient (Wildman–Crippen LogP) is 2.57. The molecular formula is C17H12FN3O6S. The molecule has 0 unspecified atom stereocenters. The second kappa shape index (κ2) is 8.05. The van der Waals surface area contributed by atoms with Crippen molar-refractivity contribution in [1.82, 2.24) is 0 Å². The molecule has 3 rings (SSSR count). The van der Waals surface area contributed by atoms with Crippen molar-refractivity contribution in [2.45, 2.75) is 4.90 Å². The normalized spacial score (nSPS) is 12.5. The Bertz CT molecular complexity index is 997. The number of hydrogen-bond donors (Lipinski definition) is 2. The van der Waals surface area contributed by atoms with Crippen LogP contribution in [-0.2, 0) is 14.3 Å². The molecule has 1 aliphatic rings. The van der Waals surface area contributed by atoms with E-state index in [2.05, 4.69) is 10.6 Å². The number of carbonyl (C=O) groups excluding carboxylic acids is 3. The molecule has 9 nitrogen and oxygen atoms in total. The zero-order valence-electron chi connectivity index (χ0n) is 14.1. The van der Waals surface area contributed by atoms with Gasteiger partial charge in [0, 0.05) is 17.0 Å². The Balaban J connectivity index is 1.61. The lowest BCUT2D eigenvalue weighted by molar-refractivity contribution is -0.384. The lowest BCUT2D eigenvalue weighted by Gasteiger charge is -2.16. The summed E-state index contributed by atoms with van der Waals surface area (Å²) in [5.74, 6) is -2.46. The van der Waals surface area contributed by atoms with E-state index < -0.39 is 40.6 Å². The molecule has 0 saturated heterocycles. The average molecular weight is 405 g/mol. The lowest BCUT2D eigenvalue weighted by Crippen LogP contribution is -2.22. The van der Waals surface area contributed by atoms with Gasteiger partial charge < -0.3 is 15.4 Å². The summed E-state index contributed by atoms with van der Waals surface area (Å²) >= 11 is 1.33. The van der Waals surface area contributed by atoms with Crippen LogP contribution < -0.4 is 10.6 Å². The fraction of sp³-hybridized carbons (Fsp3) is 0.118. The third kappa shape index (κ3) is 4.43. The van der Waals surface area contributed by atoms with Gasteiger partial charge in [0.15, 0.2) is 6.61 Å². The minimum absolute atomic E-state index is 0.121. The van der Waals surface area contributed by atoms with Crippen LogP contribution in [0.1, 0.15) is 10.4 Å². The van der Waals surface area contributed by atoms with Gasteiger partial charge in [-0.3, -0.25) is 19.7 Å². The van der Waals surface area contributed by atoms with Gasteiger partial charge in [0.1, 0.15) is 5.82 Å². The van der Waals surface area contributed by atoms with Gasteiger partial charge in [-0.2, -0.15) is 0 Å². The van der Waals surface area contributed by atoms with Crippen LogP contribution in [-0.4, -0.2) is 35.1 Å². The minimum Gasteiger partial charge on any atom is -0.452 e. The van der Waals surface area contributed by atoms with Crippen LogP contribution in [0.25, 0.3) is 0 Å². The maximum atomic E-state index is 13.7. The summed E-state index contributed by atoms with van der Waals surface area (Å²) in [5, 5.41) is 15.5. The Morgan fingerprint density at radius 3 is 2.82 bits per heavy atom. The fourth-order valence-corrected chi connectivity index (χ4v) is 3.12. The molecule has 1 aliphatic heterocycles. The summed E-state index contributed by atoms with van der Waals surface area (Å²) in [7, 11) is 0. The number of thioether (sulfide) groups is 1. The summed E-state index contributed by atoms with van der Waals surface area (Å²) in [6, 6.07) is 7.23. The average Bonchev–Trinajstić information content (AvgIpc) is 2.67. The van der Waals surface area contributed by atoms with Crippen LogP contribution in [0.15, 0.2) is 41.3 Å². The first-order chi connectivity index (χ1) is 13.3.